The fraction of sp³-hybridized carbons (Fsp3) is 0.583. The van der Waals surface area contributed by atoms with Crippen molar-refractivity contribution in [2.24, 2.45) is 5.92 Å². The molecule has 0 aliphatic carbocycles. The highest BCUT2D eigenvalue weighted by molar-refractivity contribution is 5.83. The molecule has 0 aliphatic heterocycles. The summed E-state index contributed by atoms with van der Waals surface area (Å²) in [6, 6.07) is 0. The van der Waals surface area contributed by atoms with E-state index in [4.69, 9.17) is 4.84 Å². The number of hydroxylamine groups is 1. The summed E-state index contributed by atoms with van der Waals surface area (Å²) in [6.45, 7) is 13.2. The predicted octanol–water partition coefficient (Wildman–Crippen LogP) is 6.65. The van der Waals surface area contributed by atoms with Gasteiger partial charge in [0, 0.05) is 0 Å². The first-order chi connectivity index (χ1) is 12.9. The maximum absolute atomic E-state index is 11.2. The summed E-state index contributed by atoms with van der Waals surface area (Å²) in [5, 5.41) is 0. The standard InChI is InChI=1S/C24H40NO2/c1-7-11-22(5)19-23(6)16-10-14-20(3)13-9-15-21(4)17-18-27-25-24(26)12-8-2/h7,11-13,16-17,22H,8-10,14-15,18-19H2,1-6H3,(H,25,26)/b11-7?,20-13+,21-17+,23-16+. The lowest BCUT2D eigenvalue weighted by Crippen LogP contribution is -2.23. The lowest BCUT2D eigenvalue weighted by molar-refractivity contribution is -0.129. The SMILES string of the molecule is CC=CC(C)C/C(C)=C/CC/C(C)=C/CC/C(C)=C/CONC(=O)[CH]CC. The van der Waals surface area contributed by atoms with E-state index in [2.05, 4.69) is 64.4 Å². The van der Waals surface area contributed by atoms with Crippen LogP contribution in [0, 0.1) is 12.3 Å². The van der Waals surface area contributed by atoms with Gasteiger partial charge in [0.25, 0.3) is 0 Å². The summed E-state index contributed by atoms with van der Waals surface area (Å²) in [6.07, 6.45) is 18.9. The number of carbonyl (C=O) groups excluding carboxylic acids is 1. The zero-order chi connectivity index (χ0) is 20.5. The molecule has 3 heteroatoms. The van der Waals surface area contributed by atoms with Crippen molar-refractivity contribution in [3.05, 3.63) is 53.5 Å². The Hall–Kier alpha value is -1.61. The molecular weight excluding hydrogens is 334 g/mol. The maximum Gasteiger partial charge on any atom is 0.247 e. The zero-order valence-corrected chi connectivity index (χ0v) is 18.3. The van der Waals surface area contributed by atoms with Crippen LogP contribution in [0.4, 0.5) is 0 Å². The van der Waals surface area contributed by atoms with Gasteiger partial charge in [0.15, 0.2) is 0 Å². The molecule has 0 saturated carbocycles. The van der Waals surface area contributed by atoms with Crippen molar-refractivity contribution in [3.63, 3.8) is 0 Å². The molecular formula is C24H40NO2. The van der Waals surface area contributed by atoms with Gasteiger partial charge in [0.1, 0.15) is 0 Å². The topological polar surface area (TPSA) is 38.3 Å². The van der Waals surface area contributed by atoms with Crippen LogP contribution in [-0.4, -0.2) is 12.5 Å². The Bertz CT molecular complexity index is 526. The number of rotatable bonds is 14. The second-order valence-corrected chi connectivity index (χ2v) is 7.33. The van der Waals surface area contributed by atoms with Crippen LogP contribution >= 0.6 is 0 Å². The van der Waals surface area contributed by atoms with Crippen LogP contribution in [0.5, 0.6) is 0 Å². The van der Waals surface area contributed by atoms with Crippen molar-refractivity contribution in [2.45, 2.75) is 80.1 Å². The molecule has 0 aromatic carbocycles. The Morgan fingerprint density at radius 2 is 1.59 bits per heavy atom. The van der Waals surface area contributed by atoms with Crippen LogP contribution in [0.25, 0.3) is 0 Å². The summed E-state index contributed by atoms with van der Waals surface area (Å²) >= 11 is 0. The van der Waals surface area contributed by atoms with Crippen LogP contribution in [0.2, 0.25) is 0 Å². The highest BCUT2D eigenvalue weighted by Crippen LogP contribution is 2.15. The van der Waals surface area contributed by atoms with E-state index in [9.17, 15) is 4.79 Å². The molecule has 0 spiro atoms. The van der Waals surface area contributed by atoms with E-state index in [1.54, 1.807) is 6.42 Å². The lowest BCUT2D eigenvalue weighted by Gasteiger charge is -2.07. The van der Waals surface area contributed by atoms with Crippen LogP contribution < -0.4 is 5.48 Å². The second-order valence-electron chi connectivity index (χ2n) is 7.33. The number of allylic oxidation sites excluding steroid dienone is 7. The highest BCUT2D eigenvalue weighted by atomic mass is 16.6. The minimum atomic E-state index is -0.178. The van der Waals surface area contributed by atoms with Gasteiger partial charge in [-0.25, -0.2) is 5.48 Å². The monoisotopic (exact) mass is 374 g/mol. The Labute approximate surface area is 167 Å². The average molecular weight is 375 g/mol. The molecule has 0 rings (SSSR count). The van der Waals surface area contributed by atoms with Crippen LogP contribution in [0.15, 0.2) is 47.1 Å². The first-order valence-corrected chi connectivity index (χ1v) is 10.2. The van der Waals surface area contributed by atoms with E-state index in [1.165, 1.54) is 16.7 Å². The van der Waals surface area contributed by atoms with Crippen molar-refractivity contribution in [1.82, 2.24) is 5.48 Å². The van der Waals surface area contributed by atoms with E-state index < -0.39 is 0 Å². The Balaban J connectivity index is 4.00. The molecule has 153 valence electrons. The van der Waals surface area contributed by atoms with Crippen molar-refractivity contribution in [2.75, 3.05) is 6.61 Å². The number of hydrogen-bond acceptors (Lipinski definition) is 2. The van der Waals surface area contributed by atoms with E-state index in [0.717, 1.165) is 32.1 Å². The molecule has 0 saturated heterocycles. The Kier molecular flexibility index (Phi) is 15.6. The van der Waals surface area contributed by atoms with E-state index in [-0.39, 0.29) is 5.91 Å². The van der Waals surface area contributed by atoms with Gasteiger partial charge in [-0.2, -0.15) is 0 Å². The molecule has 3 nitrogen and oxygen atoms in total. The van der Waals surface area contributed by atoms with Crippen LogP contribution in [-0.2, 0) is 9.63 Å². The minimum Gasteiger partial charge on any atom is -0.272 e. The summed E-state index contributed by atoms with van der Waals surface area (Å²) < 4.78 is 0. The summed E-state index contributed by atoms with van der Waals surface area (Å²) in [7, 11) is 0. The quantitative estimate of drug-likeness (QED) is 0.210. The van der Waals surface area contributed by atoms with Crippen molar-refractivity contribution < 1.29 is 9.63 Å². The Morgan fingerprint density at radius 3 is 2.19 bits per heavy atom. The minimum absolute atomic E-state index is 0.178. The molecule has 0 bridgehead atoms. The largest absolute Gasteiger partial charge is 0.272 e. The lowest BCUT2D eigenvalue weighted by atomic mass is 10.00. The molecule has 0 aliphatic rings. The highest BCUT2D eigenvalue weighted by Gasteiger charge is 1.99. The first-order valence-electron chi connectivity index (χ1n) is 10.2. The fourth-order valence-corrected chi connectivity index (χ4v) is 2.81. The molecule has 0 aromatic heterocycles. The first kappa shape index (κ1) is 25.4. The molecule has 0 aromatic rings. The van der Waals surface area contributed by atoms with E-state index in [0.29, 0.717) is 18.9 Å². The van der Waals surface area contributed by atoms with E-state index in [1.807, 2.05) is 13.0 Å². The van der Waals surface area contributed by atoms with Gasteiger partial charge in [-0.1, -0.05) is 60.9 Å². The number of hydrogen-bond donors (Lipinski definition) is 1. The third-order valence-electron chi connectivity index (χ3n) is 4.31. The third-order valence-corrected chi connectivity index (χ3v) is 4.31. The zero-order valence-electron chi connectivity index (χ0n) is 18.3. The van der Waals surface area contributed by atoms with Gasteiger partial charge >= 0.3 is 0 Å². The fourth-order valence-electron chi connectivity index (χ4n) is 2.81. The van der Waals surface area contributed by atoms with Gasteiger partial charge in [0.2, 0.25) is 5.91 Å². The summed E-state index contributed by atoms with van der Waals surface area (Å²) in [5.41, 5.74) is 6.62. The van der Waals surface area contributed by atoms with Crippen LogP contribution in [0.1, 0.15) is 80.1 Å². The van der Waals surface area contributed by atoms with Crippen molar-refractivity contribution in [1.29, 1.82) is 0 Å². The number of carbonyl (C=O) groups is 1. The number of amides is 1. The van der Waals surface area contributed by atoms with Gasteiger partial charge < -0.3 is 0 Å². The van der Waals surface area contributed by atoms with Crippen molar-refractivity contribution >= 4 is 5.91 Å². The smallest absolute Gasteiger partial charge is 0.247 e. The molecule has 1 N–H and O–H groups in total. The van der Waals surface area contributed by atoms with Gasteiger partial charge in [-0.15, -0.1) is 0 Å². The predicted molar refractivity (Wildman–Crippen MR) is 117 cm³/mol. The second kappa shape index (κ2) is 16.6. The Morgan fingerprint density at radius 1 is 1.00 bits per heavy atom. The maximum atomic E-state index is 11.2. The molecule has 1 amide bonds. The number of nitrogens with one attached hydrogen (secondary N) is 1. The summed E-state index contributed by atoms with van der Waals surface area (Å²) in [4.78, 5) is 16.3. The van der Waals surface area contributed by atoms with Gasteiger partial charge in [0.05, 0.1) is 13.0 Å². The molecule has 0 heterocycles. The van der Waals surface area contributed by atoms with Gasteiger partial charge in [-0.05, 0) is 72.1 Å². The van der Waals surface area contributed by atoms with Gasteiger partial charge in [-0.3, -0.25) is 9.63 Å². The van der Waals surface area contributed by atoms with Crippen LogP contribution in [0.3, 0.4) is 0 Å². The average Bonchev–Trinajstić information content (AvgIpc) is 2.59. The molecule has 27 heavy (non-hydrogen) atoms. The third kappa shape index (κ3) is 16.3. The van der Waals surface area contributed by atoms with E-state index >= 15 is 0 Å². The molecule has 0 fully saturated rings. The molecule has 1 unspecified atom stereocenters. The summed E-state index contributed by atoms with van der Waals surface area (Å²) in [5.74, 6) is 0.447. The molecule has 1 radical (unpaired) electrons. The van der Waals surface area contributed by atoms with Crippen molar-refractivity contribution in [3.8, 4) is 0 Å². The normalized spacial score (nSPS) is 14.7. The molecule has 1 atom stereocenters.